The predicted molar refractivity (Wildman–Crippen MR) is 116 cm³/mol. The van der Waals surface area contributed by atoms with Crippen LogP contribution in [0.2, 0.25) is 0 Å². The fraction of sp³-hybridized carbons (Fsp3) is 0.364. The Hall–Kier alpha value is -3.46. The number of amides is 1. The van der Waals surface area contributed by atoms with Crippen LogP contribution in [-0.4, -0.2) is 50.1 Å². The van der Waals surface area contributed by atoms with Crippen LogP contribution in [0.4, 0.5) is 5.95 Å². The summed E-state index contributed by atoms with van der Waals surface area (Å²) in [5, 5.41) is 6.84. The average molecular weight is 422 g/mol. The molecule has 31 heavy (non-hydrogen) atoms. The normalized spacial score (nSPS) is 11.5. The summed E-state index contributed by atoms with van der Waals surface area (Å²) in [6.45, 7) is 7.88. The molecule has 1 amide bonds. The zero-order chi connectivity index (χ0) is 21.6. The fourth-order valence-electron chi connectivity index (χ4n) is 3.45. The molecule has 0 spiro atoms. The minimum atomic E-state index is -0.155. The van der Waals surface area contributed by atoms with Crippen molar-refractivity contribution in [3.05, 3.63) is 48.6 Å². The number of benzene rings is 1. The highest BCUT2D eigenvalue weighted by Gasteiger charge is 2.16. The van der Waals surface area contributed by atoms with Crippen molar-refractivity contribution in [1.82, 2.24) is 24.6 Å². The Balaban J connectivity index is 1.42. The van der Waals surface area contributed by atoms with Crippen molar-refractivity contribution in [2.45, 2.75) is 33.2 Å². The lowest BCUT2D eigenvalue weighted by atomic mass is 10.3. The molecule has 9 heteroatoms. The van der Waals surface area contributed by atoms with Crippen LogP contribution in [0.25, 0.3) is 22.6 Å². The second-order valence-corrected chi connectivity index (χ2v) is 7.14. The van der Waals surface area contributed by atoms with E-state index in [0.29, 0.717) is 29.8 Å². The molecule has 4 aromatic rings. The first-order valence-corrected chi connectivity index (χ1v) is 10.5. The highest BCUT2D eigenvalue weighted by Crippen LogP contribution is 2.20. The van der Waals surface area contributed by atoms with E-state index in [2.05, 4.69) is 43.8 Å². The van der Waals surface area contributed by atoms with E-state index < -0.39 is 0 Å². The molecule has 4 rings (SSSR count). The monoisotopic (exact) mass is 422 g/mol. The van der Waals surface area contributed by atoms with Gasteiger partial charge in [-0.05, 0) is 37.4 Å². The van der Waals surface area contributed by atoms with Crippen LogP contribution in [0.3, 0.4) is 0 Å². The smallest absolute Gasteiger partial charge is 0.238 e. The summed E-state index contributed by atoms with van der Waals surface area (Å²) in [6, 6.07) is 11.4. The van der Waals surface area contributed by atoms with Gasteiger partial charge in [0.1, 0.15) is 0 Å². The van der Waals surface area contributed by atoms with E-state index in [1.165, 1.54) is 0 Å². The van der Waals surface area contributed by atoms with Gasteiger partial charge in [0, 0.05) is 25.9 Å². The van der Waals surface area contributed by atoms with Gasteiger partial charge in [-0.1, -0.05) is 31.1 Å². The van der Waals surface area contributed by atoms with Gasteiger partial charge < -0.3 is 18.4 Å². The first kappa shape index (κ1) is 20.8. The van der Waals surface area contributed by atoms with E-state index in [1.807, 2.05) is 24.3 Å². The fourth-order valence-corrected chi connectivity index (χ4v) is 3.45. The lowest BCUT2D eigenvalue weighted by Gasteiger charge is -2.19. The van der Waals surface area contributed by atoms with Gasteiger partial charge in [-0.3, -0.25) is 10.1 Å². The van der Waals surface area contributed by atoms with Crippen molar-refractivity contribution < 1.29 is 13.7 Å². The van der Waals surface area contributed by atoms with Gasteiger partial charge in [0.05, 0.1) is 17.3 Å². The lowest BCUT2D eigenvalue weighted by Crippen LogP contribution is -2.27. The number of aryl methyl sites for hydroxylation is 1. The summed E-state index contributed by atoms with van der Waals surface area (Å²) < 4.78 is 12.5. The highest BCUT2D eigenvalue weighted by atomic mass is 16.5. The third-order valence-corrected chi connectivity index (χ3v) is 5.22. The number of fused-ring (bicyclic) bond motifs is 1. The van der Waals surface area contributed by atoms with E-state index in [1.54, 1.807) is 18.4 Å². The molecular weight excluding hydrogens is 396 g/mol. The van der Waals surface area contributed by atoms with Gasteiger partial charge in [0.2, 0.25) is 23.6 Å². The SMILES string of the molecule is CCN(CC)CCn1c(NC(=O)CCc2nc(-c3ccco3)no2)nc2ccccc21. The van der Waals surface area contributed by atoms with Crippen LogP contribution >= 0.6 is 0 Å². The van der Waals surface area contributed by atoms with Crippen molar-refractivity contribution in [3.8, 4) is 11.6 Å². The van der Waals surface area contributed by atoms with Gasteiger partial charge in [-0.25, -0.2) is 4.98 Å². The molecule has 0 saturated heterocycles. The molecule has 0 aliphatic rings. The molecule has 1 N–H and O–H groups in total. The Morgan fingerprint density at radius 2 is 1.97 bits per heavy atom. The molecule has 0 bridgehead atoms. The van der Waals surface area contributed by atoms with Gasteiger partial charge in [0.25, 0.3) is 0 Å². The van der Waals surface area contributed by atoms with Crippen LogP contribution in [0.1, 0.15) is 26.2 Å². The summed E-state index contributed by atoms with van der Waals surface area (Å²) in [4.78, 5) is 23.9. The standard InChI is InChI=1S/C22H26N6O3/c1-3-27(4-2)13-14-28-17-9-6-5-8-16(17)23-22(28)24-19(29)11-12-20-25-21(26-31-20)18-10-7-15-30-18/h5-10,15H,3-4,11-14H2,1-2H3,(H,23,24,29). The molecule has 0 saturated carbocycles. The number of nitrogens with one attached hydrogen (secondary N) is 1. The molecule has 0 aliphatic carbocycles. The van der Waals surface area contributed by atoms with Gasteiger partial charge >= 0.3 is 0 Å². The zero-order valence-corrected chi connectivity index (χ0v) is 17.7. The number of hydrogen-bond donors (Lipinski definition) is 1. The van der Waals surface area contributed by atoms with Crippen molar-refractivity contribution in [2.75, 3.05) is 25.0 Å². The molecule has 0 radical (unpaired) electrons. The summed E-state index contributed by atoms with van der Waals surface area (Å²) in [5.74, 6) is 1.69. The molecule has 3 aromatic heterocycles. The summed E-state index contributed by atoms with van der Waals surface area (Å²) >= 11 is 0. The molecule has 9 nitrogen and oxygen atoms in total. The number of para-hydroxylation sites is 2. The maximum Gasteiger partial charge on any atom is 0.238 e. The molecule has 0 aliphatic heterocycles. The molecule has 162 valence electrons. The quantitative estimate of drug-likeness (QED) is 0.417. The Labute approximate surface area is 180 Å². The summed E-state index contributed by atoms with van der Waals surface area (Å²) in [6.07, 6.45) is 2.09. The summed E-state index contributed by atoms with van der Waals surface area (Å²) in [7, 11) is 0. The average Bonchev–Trinajstić information content (AvgIpc) is 3.53. The van der Waals surface area contributed by atoms with E-state index >= 15 is 0 Å². The minimum Gasteiger partial charge on any atom is -0.461 e. The molecule has 1 aromatic carbocycles. The maximum absolute atomic E-state index is 12.6. The van der Waals surface area contributed by atoms with Gasteiger partial charge in [-0.2, -0.15) is 4.98 Å². The van der Waals surface area contributed by atoms with Gasteiger partial charge in [0.15, 0.2) is 5.76 Å². The number of imidazole rings is 1. The number of aromatic nitrogens is 4. The molecule has 0 unspecified atom stereocenters. The van der Waals surface area contributed by atoms with E-state index in [9.17, 15) is 4.79 Å². The topological polar surface area (TPSA) is 102 Å². The number of carbonyl (C=O) groups excluding carboxylic acids is 1. The largest absolute Gasteiger partial charge is 0.461 e. The number of nitrogens with zero attached hydrogens (tertiary/aromatic N) is 5. The van der Waals surface area contributed by atoms with Crippen LogP contribution in [-0.2, 0) is 17.8 Å². The number of rotatable bonds is 10. The van der Waals surface area contributed by atoms with Gasteiger partial charge in [-0.15, -0.1) is 0 Å². The number of carbonyl (C=O) groups is 1. The van der Waals surface area contributed by atoms with Crippen LogP contribution in [0, 0.1) is 0 Å². The van der Waals surface area contributed by atoms with Crippen LogP contribution < -0.4 is 5.32 Å². The van der Waals surface area contributed by atoms with E-state index in [4.69, 9.17) is 8.94 Å². The third kappa shape index (κ3) is 4.83. The molecule has 3 heterocycles. The summed E-state index contributed by atoms with van der Waals surface area (Å²) in [5.41, 5.74) is 1.86. The van der Waals surface area contributed by atoms with Crippen LogP contribution in [0.15, 0.2) is 51.6 Å². The first-order valence-electron chi connectivity index (χ1n) is 10.5. The zero-order valence-electron chi connectivity index (χ0n) is 17.7. The van der Waals surface area contributed by atoms with Crippen molar-refractivity contribution in [2.24, 2.45) is 0 Å². The second kappa shape index (κ2) is 9.57. The van der Waals surface area contributed by atoms with Crippen molar-refractivity contribution >= 4 is 22.9 Å². The van der Waals surface area contributed by atoms with E-state index in [0.717, 1.165) is 37.2 Å². The highest BCUT2D eigenvalue weighted by molar-refractivity contribution is 5.91. The number of hydrogen-bond acceptors (Lipinski definition) is 7. The minimum absolute atomic E-state index is 0.155. The number of likely N-dealkylation sites (N-methyl/N-ethyl adjacent to an activating group) is 1. The Kier molecular flexibility index (Phi) is 6.42. The first-order chi connectivity index (χ1) is 15.2. The third-order valence-electron chi connectivity index (χ3n) is 5.22. The lowest BCUT2D eigenvalue weighted by molar-refractivity contribution is -0.116. The maximum atomic E-state index is 12.6. The second-order valence-electron chi connectivity index (χ2n) is 7.14. The Morgan fingerprint density at radius 3 is 2.74 bits per heavy atom. The van der Waals surface area contributed by atoms with Crippen molar-refractivity contribution in [1.29, 1.82) is 0 Å². The van der Waals surface area contributed by atoms with Crippen molar-refractivity contribution in [3.63, 3.8) is 0 Å². The Morgan fingerprint density at radius 1 is 1.13 bits per heavy atom. The Bertz CT molecular complexity index is 1130. The van der Waals surface area contributed by atoms with E-state index in [-0.39, 0.29) is 12.3 Å². The molecule has 0 atom stereocenters. The molecule has 0 fully saturated rings. The number of furan rings is 1. The molecular formula is C22H26N6O3. The van der Waals surface area contributed by atoms with Crippen LogP contribution in [0.5, 0.6) is 0 Å². The predicted octanol–water partition coefficient (Wildman–Crippen LogP) is 3.59. The number of anilines is 1.